The first-order valence-corrected chi connectivity index (χ1v) is 9.39. The number of carbonyl (C=O) groups excluding carboxylic acids is 1. The molecule has 0 aliphatic rings. The van der Waals surface area contributed by atoms with Gasteiger partial charge in [0.1, 0.15) is 17.6 Å². The summed E-state index contributed by atoms with van der Waals surface area (Å²) in [5.74, 6) is -1.00. The first-order valence-electron chi connectivity index (χ1n) is 9.39. The Kier molecular flexibility index (Phi) is 9.59. The van der Waals surface area contributed by atoms with E-state index >= 15 is 0 Å². The van der Waals surface area contributed by atoms with E-state index in [1.54, 1.807) is 0 Å². The number of carbonyl (C=O) groups is 1. The Morgan fingerprint density at radius 3 is 2.15 bits per heavy atom. The van der Waals surface area contributed by atoms with Crippen molar-refractivity contribution in [2.45, 2.75) is 65.9 Å². The van der Waals surface area contributed by atoms with Crippen molar-refractivity contribution in [1.82, 2.24) is 0 Å². The minimum absolute atomic E-state index is 0.0151. The summed E-state index contributed by atoms with van der Waals surface area (Å²) in [6, 6.07) is 3.72. The van der Waals surface area contributed by atoms with E-state index in [1.165, 1.54) is 23.3 Å². The van der Waals surface area contributed by atoms with Crippen LogP contribution in [0.5, 0.6) is 11.5 Å². The van der Waals surface area contributed by atoms with Crippen molar-refractivity contribution in [2.75, 3.05) is 0 Å². The largest absolute Gasteiger partial charge is 0.508 e. The number of rotatable bonds is 10. The highest BCUT2D eigenvalue weighted by Gasteiger charge is 2.19. The number of phenols is 2. The fourth-order valence-corrected chi connectivity index (χ4v) is 2.67. The molecule has 0 saturated heterocycles. The lowest BCUT2D eigenvalue weighted by molar-refractivity contribution is 0.0749. The van der Waals surface area contributed by atoms with E-state index in [-0.39, 0.29) is 23.5 Å². The Hall–Kier alpha value is -2.33. The summed E-state index contributed by atoms with van der Waals surface area (Å²) in [5.41, 5.74) is 3.85. The van der Waals surface area contributed by atoms with Gasteiger partial charge >= 0.3 is 0 Å². The van der Waals surface area contributed by atoms with Crippen molar-refractivity contribution < 1.29 is 20.1 Å². The molecule has 0 saturated carbocycles. The maximum absolute atomic E-state index is 12.2. The van der Waals surface area contributed by atoms with Crippen LogP contribution in [0.4, 0.5) is 0 Å². The highest BCUT2D eigenvalue weighted by Crippen LogP contribution is 2.24. The average molecular weight is 373 g/mol. The van der Waals surface area contributed by atoms with Crippen LogP contribution in [-0.4, -0.2) is 27.2 Å². The molecular weight excluding hydrogens is 340 g/mol. The monoisotopic (exact) mass is 372 g/mol. The molecule has 1 aromatic carbocycles. The van der Waals surface area contributed by atoms with Crippen LogP contribution in [0.1, 0.15) is 70.2 Å². The smallest absolute Gasteiger partial charge is 0.195 e. The minimum atomic E-state index is -1.21. The summed E-state index contributed by atoms with van der Waals surface area (Å²) in [4.78, 5) is 12.2. The van der Waals surface area contributed by atoms with Crippen molar-refractivity contribution in [3.8, 4) is 11.5 Å². The Labute approximate surface area is 162 Å². The molecule has 1 rings (SSSR count). The van der Waals surface area contributed by atoms with Crippen LogP contribution in [0, 0.1) is 0 Å². The van der Waals surface area contributed by atoms with Gasteiger partial charge in [-0.15, -0.1) is 0 Å². The Morgan fingerprint density at radius 2 is 1.56 bits per heavy atom. The number of aliphatic hydroxyl groups excluding tert-OH is 1. The lowest BCUT2D eigenvalue weighted by Gasteiger charge is -2.10. The molecule has 27 heavy (non-hydrogen) atoms. The Morgan fingerprint density at radius 1 is 0.963 bits per heavy atom. The topological polar surface area (TPSA) is 77.8 Å². The molecule has 0 radical (unpaired) electrons. The van der Waals surface area contributed by atoms with Gasteiger partial charge in [-0.05, 0) is 71.9 Å². The molecule has 0 aromatic heterocycles. The predicted molar refractivity (Wildman–Crippen MR) is 110 cm³/mol. The molecule has 0 amide bonds. The first-order chi connectivity index (χ1) is 12.7. The van der Waals surface area contributed by atoms with Gasteiger partial charge in [0.2, 0.25) is 0 Å². The third-order valence-electron chi connectivity index (χ3n) is 4.36. The van der Waals surface area contributed by atoms with Gasteiger partial charge in [-0.1, -0.05) is 34.9 Å². The zero-order valence-corrected chi connectivity index (χ0v) is 16.8. The normalized spacial score (nSPS) is 13.4. The summed E-state index contributed by atoms with van der Waals surface area (Å²) >= 11 is 0. The van der Waals surface area contributed by atoms with E-state index in [2.05, 4.69) is 32.9 Å². The van der Waals surface area contributed by atoms with Crippen molar-refractivity contribution >= 4 is 5.78 Å². The number of hydrogen-bond donors (Lipinski definition) is 3. The fourth-order valence-electron chi connectivity index (χ4n) is 2.67. The number of ketones is 1. The molecule has 1 aromatic rings. The van der Waals surface area contributed by atoms with E-state index < -0.39 is 11.9 Å². The van der Waals surface area contributed by atoms with Gasteiger partial charge in [-0.25, -0.2) is 0 Å². The molecule has 0 heterocycles. The van der Waals surface area contributed by atoms with E-state index in [0.29, 0.717) is 0 Å². The maximum atomic E-state index is 12.2. The molecule has 0 fully saturated rings. The molecule has 1 atom stereocenters. The van der Waals surface area contributed by atoms with E-state index in [4.69, 9.17) is 0 Å². The predicted octanol–water partition coefficient (Wildman–Crippen LogP) is 5.45. The zero-order chi connectivity index (χ0) is 20.4. The number of Topliss-reactive ketones (excluding diaryl/α,β-unsaturated/α-hetero) is 1. The number of aromatic hydroxyl groups is 2. The quantitative estimate of drug-likeness (QED) is 0.377. The molecule has 0 bridgehead atoms. The Balaban J connectivity index is 2.48. The van der Waals surface area contributed by atoms with E-state index in [1.807, 2.05) is 13.0 Å². The van der Waals surface area contributed by atoms with Gasteiger partial charge in [0, 0.05) is 6.07 Å². The summed E-state index contributed by atoms with van der Waals surface area (Å²) < 4.78 is 0. The summed E-state index contributed by atoms with van der Waals surface area (Å²) in [6.45, 7) is 8.34. The second-order valence-electron chi connectivity index (χ2n) is 7.28. The van der Waals surface area contributed by atoms with Crippen LogP contribution in [-0.2, 0) is 0 Å². The second kappa shape index (κ2) is 11.4. The highest BCUT2D eigenvalue weighted by molar-refractivity contribution is 6.01. The van der Waals surface area contributed by atoms with Crippen LogP contribution in [0.15, 0.2) is 53.1 Å². The van der Waals surface area contributed by atoms with Crippen molar-refractivity contribution in [2.24, 2.45) is 0 Å². The van der Waals surface area contributed by atoms with Gasteiger partial charge in [0.05, 0.1) is 5.56 Å². The first kappa shape index (κ1) is 22.7. The minimum Gasteiger partial charge on any atom is -0.508 e. The van der Waals surface area contributed by atoms with Gasteiger partial charge in [0.25, 0.3) is 0 Å². The fraction of sp³-hybridized carbons (Fsp3) is 0.435. The van der Waals surface area contributed by atoms with E-state index in [9.17, 15) is 20.1 Å². The zero-order valence-electron chi connectivity index (χ0n) is 16.8. The number of hydrogen-bond acceptors (Lipinski definition) is 4. The number of aliphatic hydroxyl groups is 1. The van der Waals surface area contributed by atoms with Crippen LogP contribution in [0.3, 0.4) is 0 Å². The summed E-state index contributed by atoms with van der Waals surface area (Å²) in [5, 5.41) is 29.1. The molecule has 4 nitrogen and oxygen atoms in total. The molecule has 0 aliphatic heterocycles. The summed E-state index contributed by atoms with van der Waals surface area (Å²) in [6.07, 6.45) is 9.29. The van der Waals surface area contributed by atoms with Gasteiger partial charge < -0.3 is 15.3 Å². The SMILES string of the molecule is CC(C)=CCCC(C)=CCCC(C)=CC[C@@H](O)C(=O)c1ccc(O)cc1O. The molecule has 0 spiro atoms. The van der Waals surface area contributed by atoms with Gasteiger partial charge in [0.15, 0.2) is 5.78 Å². The number of phenolic OH excluding ortho intramolecular Hbond substituents is 2. The number of allylic oxidation sites excluding steroid dienone is 5. The third-order valence-corrected chi connectivity index (χ3v) is 4.36. The second-order valence-corrected chi connectivity index (χ2v) is 7.28. The van der Waals surface area contributed by atoms with Gasteiger partial charge in [-0.3, -0.25) is 4.79 Å². The lowest BCUT2D eigenvalue weighted by atomic mass is 10.0. The van der Waals surface area contributed by atoms with E-state index in [0.717, 1.165) is 37.3 Å². The van der Waals surface area contributed by atoms with Crippen LogP contribution in [0.25, 0.3) is 0 Å². The standard InChI is InChI=1S/C23H32O4/c1-16(2)7-5-8-17(3)9-6-10-18(4)11-14-21(25)23(27)20-13-12-19(24)15-22(20)26/h7,9,11-13,15,21,24-26H,5-6,8,10,14H2,1-4H3/t21-/m1/s1. The van der Waals surface area contributed by atoms with Crippen molar-refractivity contribution in [3.63, 3.8) is 0 Å². The molecule has 3 N–H and O–H groups in total. The van der Waals surface area contributed by atoms with Crippen LogP contribution < -0.4 is 0 Å². The van der Waals surface area contributed by atoms with Crippen LogP contribution in [0.2, 0.25) is 0 Å². The molecule has 0 aliphatic carbocycles. The molecular formula is C23H32O4. The van der Waals surface area contributed by atoms with Crippen molar-refractivity contribution in [1.29, 1.82) is 0 Å². The average Bonchev–Trinajstić information content (AvgIpc) is 2.58. The molecule has 0 unspecified atom stereocenters. The summed E-state index contributed by atoms with van der Waals surface area (Å²) in [7, 11) is 0. The lowest BCUT2D eigenvalue weighted by Crippen LogP contribution is -2.19. The molecule has 148 valence electrons. The third kappa shape index (κ3) is 8.74. The van der Waals surface area contributed by atoms with Crippen LogP contribution >= 0.6 is 0 Å². The maximum Gasteiger partial charge on any atom is 0.195 e. The number of benzene rings is 1. The van der Waals surface area contributed by atoms with Crippen molar-refractivity contribution in [3.05, 3.63) is 58.7 Å². The highest BCUT2D eigenvalue weighted by atomic mass is 16.3. The van der Waals surface area contributed by atoms with Gasteiger partial charge in [-0.2, -0.15) is 0 Å². The molecule has 4 heteroatoms. The Bertz CT molecular complexity index is 722.